The molecule has 0 atom stereocenters. The minimum absolute atomic E-state index is 0.0977. The Balaban J connectivity index is 1.52. The number of nitrogens with zero attached hydrogens (tertiary/aromatic N) is 1. The number of thiazole rings is 1. The molecule has 0 radical (unpaired) electrons. The highest BCUT2D eigenvalue weighted by Crippen LogP contribution is 2.21. The SMILES string of the molecule is Cc1ccc(Cc2cnc(NC(=O)CNc3ccc(C)c(C)c3)s2)cc1. The number of amides is 1. The summed E-state index contributed by atoms with van der Waals surface area (Å²) in [5.41, 5.74) is 5.89. The number of nitrogens with one attached hydrogen (secondary N) is 2. The van der Waals surface area contributed by atoms with Crippen LogP contribution in [0.3, 0.4) is 0 Å². The number of aromatic nitrogens is 1. The van der Waals surface area contributed by atoms with Crippen LogP contribution in [0, 0.1) is 20.8 Å². The topological polar surface area (TPSA) is 54.0 Å². The minimum atomic E-state index is -0.0977. The van der Waals surface area contributed by atoms with Gasteiger partial charge in [0.1, 0.15) is 0 Å². The number of carbonyl (C=O) groups is 1. The van der Waals surface area contributed by atoms with Gasteiger partial charge in [0.25, 0.3) is 0 Å². The van der Waals surface area contributed by atoms with E-state index in [1.54, 1.807) is 0 Å². The van der Waals surface area contributed by atoms with Gasteiger partial charge in [-0.05, 0) is 49.6 Å². The van der Waals surface area contributed by atoms with Gasteiger partial charge in [0.2, 0.25) is 5.91 Å². The molecular formula is C21H23N3OS. The zero-order valence-electron chi connectivity index (χ0n) is 15.3. The molecule has 0 saturated heterocycles. The maximum Gasteiger partial charge on any atom is 0.245 e. The maximum absolute atomic E-state index is 12.1. The molecule has 0 bridgehead atoms. The van der Waals surface area contributed by atoms with Crippen molar-refractivity contribution in [2.45, 2.75) is 27.2 Å². The van der Waals surface area contributed by atoms with Crippen molar-refractivity contribution < 1.29 is 4.79 Å². The molecule has 3 aromatic rings. The molecule has 0 aliphatic heterocycles. The molecule has 26 heavy (non-hydrogen) atoms. The second kappa shape index (κ2) is 8.15. The van der Waals surface area contributed by atoms with Gasteiger partial charge in [-0.3, -0.25) is 4.79 Å². The molecule has 3 rings (SSSR count). The summed E-state index contributed by atoms with van der Waals surface area (Å²) in [6, 6.07) is 14.6. The van der Waals surface area contributed by atoms with Crippen LogP contribution in [-0.4, -0.2) is 17.4 Å². The quantitative estimate of drug-likeness (QED) is 0.665. The Morgan fingerprint density at radius 1 is 1.04 bits per heavy atom. The fourth-order valence-electron chi connectivity index (χ4n) is 2.55. The van der Waals surface area contributed by atoms with Crippen LogP contribution in [0.4, 0.5) is 10.8 Å². The van der Waals surface area contributed by atoms with Gasteiger partial charge in [-0.25, -0.2) is 4.98 Å². The van der Waals surface area contributed by atoms with E-state index in [1.807, 2.05) is 24.4 Å². The van der Waals surface area contributed by atoms with Crippen molar-refractivity contribution in [2.24, 2.45) is 0 Å². The molecule has 1 amide bonds. The highest BCUT2D eigenvalue weighted by molar-refractivity contribution is 7.15. The molecule has 5 heteroatoms. The van der Waals surface area contributed by atoms with Crippen LogP contribution in [0.15, 0.2) is 48.7 Å². The zero-order valence-corrected chi connectivity index (χ0v) is 16.1. The highest BCUT2D eigenvalue weighted by Gasteiger charge is 2.08. The lowest BCUT2D eigenvalue weighted by Gasteiger charge is -2.08. The van der Waals surface area contributed by atoms with Crippen LogP contribution in [-0.2, 0) is 11.2 Å². The van der Waals surface area contributed by atoms with Crippen LogP contribution in [0.2, 0.25) is 0 Å². The Kier molecular flexibility index (Phi) is 5.68. The number of hydrogen-bond donors (Lipinski definition) is 2. The first-order valence-corrected chi connectivity index (χ1v) is 9.42. The summed E-state index contributed by atoms with van der Waals surface area (Å²) in [7, 11) is 0. The van der Waals surface area contributed by atoms with Crippen LogP contribution >= 0.6 is 11.3 Å². The summed E-state index contributed by atoms with van der Waals surface area (Å²) in [5, 5.41) is 6.65. The molecular weight excluding hydrogens is 342 g/mol. The molecule has 2 N–H and O–H groups in total. The zero-order chi connectivity index (χ0) is 18.5. The third kappa shape index (κ3) is 4.92. The number of anilines is 2. The van der Waals surface area contributed by atoms with E-state index in [-0.39, 0.29) is 12.5 Å². The van der Waals surface area contributed by atoms with E-state index in [2.05, 4.69) is 60.7 Å². The Labute approximate surface area is 158 Å². The molecule has 1 aromatic heterocycles. The molecule has 1 heterocycles. The Morgan fingerprint density at radius 3 is 2.54 bits per heavy atom. The predicted octanol–water partition coefficient (Wildman–Crippen LogP) is 4.71. The van der Waals surface area contributed by atoms with E-state index >= 15 is 0 Å². The number of aryl methyl sites for hydroxylation is 3. The number of hydrogen-bond acceptors (Lipinski definition) is 4. The molecule has 0 aliphatic rings. The third-order valence-corrected chi connectivity index (χ3v) is 5.17. The van der Waals surface area contributed by atoms with Crippen molar-refractivity contribution >= 4 is 28.1 Å². The number of carbonyl (C=O) groups excluding carboxylic acids is 1. The Morgan fingerprint density at radius 2 is 1.81 bits per heavy atom. The van der Waals surface area contributed by atoms with E-state index in [9.17, 15) is 4.79 Å². The van der Waals surface area contributed by atoms with Crippen molar-refractivity contribution in [1.29, 1.82) is 0 Å². The smallest absolute Gasteiger partial charge is 0.245 e. The van der Waals surface area contributed by atoms with Crippen LogP contribution in [0.1, 0.15) is 27.1 Å². The summed E-state index contributed by atoms with van der Waals surface area (Å²) in [4.78, 5) is 17.6. The molecule has 0 fully saturated rings. The first kappa shape index (κ1) is 18.1. The maximum atomic E-state index is 12.1. The number of rotatable bonds is 6. The molecule has 0 unspecified atom stereocenters. The van der Waals surface area contributed by atoms with E-state index in [0.717, 1.165) is 17.0 Å². The van der Waals surface area contributed by atoms with Crippen molar-refractivity contribution in [1.82, 2.24) is 4.98 Å². The monoisotopic (exact) mass is 365 g/mol. The lowest BCUT2D eigenvalue weighted by molar-refractivity contribution is -0.114. The van der Waals surface area contributed by atoms with E-state index in [0.29, 0.717) is 5.13 Å². The molecule has 4 nitrogen and oxygen atoms in total. The van der Waals surface area contributed by atoms with E-state index < -0.39 is 0 Å². The summed E-state index contributed by atoms with van der Waals surface area (Å²) in [6.07, 6.45) is 2.66. The van der Waals surface area contributed by atoms with Gasteiger partial charge >= 0.3 is 0 Å². The van der Waals surface area contributed by atoms with Gasteiger partial charge in [-0.15, -0.1) is 11.3 Å². The summed E-state index contributed by atoms with van der Waals surface area (Å²) >= 11 is 1.52. The van der Waals surface area contributed by atoms with Crippen molar-refractivity contribution in [3.63, 3.8) is 0 Å². The first-order chi connectivity index (χ1) is 12.5. The van der Waals surface area contributed by atoms with Crippen LogP contribution in [0.5, 0.6) is 0 Å². The van der Waals surface area contributed by atoms with Gasteiger partial charge in [0, 0.05) is 23.2 Å². The van der Waals surface area contributed by atoms with Crippen molar-refractivity contribution in [2.75, 3.05) is 17.2 Å². The third-order valence-electron chi connectivity index (χ3n) is 4.26. The molecule has 2 aromatic carbocycles. The van der Waals surface area contributed by atoms with E-state index in [1.165, 1.54) is 33.6 Å². The van der Waals surface area contributed by atoms with Crippen LogP contribution < -0.4 is 10.6 Å². The van der Waals surface area contributed by atoms with Crippen molar-refractivity contribution in [3.8, 4) is 0 Å². The van der Waals surface area contributed by atoms with Gasteiger partial charge in [0.15, 0.2) is 5.13 Å². The second-order valence-corrected chi connectivity index (χ2v) is 7.61. The van der Waals surface area contributed by atoms with Gasteiger partial charge in [0.05, 0.1) is 6.54 Å². The minimum Gasteiger partial charge on any atom is -0.376 e. The summed E-state index contributed by atoms with van der Waals surface area (Å²) in [5.74, 6) is -0.0977. The standard InChI is InChI=1S/C21H23N3OS/c1-14-4-7-17(8-5-14)11-19-12-23-21(26-19)24-20(25)13-22-18-9-6-15(2)16(3)10-18/h4-10,12,22H,11,13H2,1-3H3,(H,23,24,25). The highest BCUT2D eigenvalue weighted by atomic mass is 32.1. The first-order valence-electron chi connectivity index (χ1n) is 8.61. The fourth-order valence-corrected chi connectivity index (χ4v) is 3.41. The Bertz CT molecular complexity index is 900. The van der Waals surface area contributed by atoms with Crippen molar-refractivity contribution in [3.05, 3.63) is 75.8 Å². The molecule has 0 spiro atoms. The fraction of sp³-hybridized carbons (Fsp3) is 0.238. The second-order valence-electron chi connectivity index (χ2n) is 6.49. The van der Waals surface area contributed by atoms with Gasteiger partial charge < -0.3 is 10.6 Å². The molecule has 0 aliphatic carbocycles. The molecule has 0 saturated carbocycles. The van der Waals surface area contributed by atoms with Gasteiger partial charge in [-0.2, -0.15) is 0 Å². The predicted molar refractivity (Wildman–Crippen MR) is 109 cm³/mol. The Hall–Kier alpha value is -2.66. The molecule has 134 valence electrons. The lowest BCUT2D eigenvalue weighted by atomic mass is 10.1. The largest absolute Gasteiger partial charge is 0.376 e. The van der Waals surface area contributed by atoms with Gasteiger partial charge in [-0.1, -0.05) is 35.9 Å². The summed E-state index contributed by atoms with van der Waals surface area (Å²) < 4.78 is 0. The average Bonchev–Trinajstić information content (AvgIpc) is 3.05. The normalized spacial score (nSPS) is 10.6. The number of benzene rings is 2. The summed E-state index contributed by atoms with van der Waals surface area (Å²) in [6.45, 7) is 6.43. The van der Waals surface area contributed by atoms with Crippen LogP contribution in [0.25, 0.3) is 0 Å². The average molecular weight is 366 g/mol. The van der Waals surface area contributed by atoms with E-state index in [4.69, 9.17) is 0 Å². The lowest BCUT2D eigenvalue weighted by Crippen LogP contribution is -2.21.